The largest absolute Gasteiger partial charge is 0.315 e. The van der Waals surface area contributed by atoms with Crippen molar-refractivity contribution >= 4 is 5.69 Å². The minimum absolute atomic E-state index is 0.0384. The van der Waals surface area contributed by atoms with Crippen LogP contribution in [0.25, 0.3) is 0 Å². The second-order valence-corrected chi connectivity index (χ2v) is 2.57. The molecule has 1 N–H and O–H groups in total. The number of nitrogens with one attached hydrogen (secondary N) is 1. The molecule has 1 aromatic heterocycles. The van der Waals surface area contributed by atoms with Crippen LogP contribution in [0.2, 0.25) is 0 Å². The zero-order valence-corrected chi connectivity index (χ0v) is 7.43. The van der Waals surface area contributed by atoms with Gasteiger partial charge in [0.2, 0.25) is 0 Å². The number of nitro groups is 1. The molecule has 0 spiro atoms. The molecule has 0 atom stereocenters. The summed E-state index contributed by atoms with van der Waals surface area (Å²) in [6.45, 7) is 4.33. The van der Waals surface area contributed by atoms with Crippen LogP contribution in [0, 0.1) is 10.1 Å². The van der Waals surface area contributed by atoms with E-state index in [0.29, 0.717) is 6.54 Å². The summed E-state index contributed by atoms with van der Waals surface area (Å²) in [4.78, 5) is 9.83. The highest BCUT2D eigenvalue weighted by Gasteiger charge is 2.07. The Labute approximate surface area is 75.7 Å². The van der Waals surface area contributed by atoms with E-state index in [1.54, 1.807) is 4.68 Å². The molecule has 72 valence electrons. The Morgan fingerprint density at radius 2 is 2.54 bits per heavy atom. The monoisotopic (exact) mass is 184 g/mol. The SMILES string of the molecule is CCNCCn1cc([N+](=O)[O-])cn1. The molecule has 0 aliphatic rings. The first-order chi connectivity index (χ1) is 6.24. The minimum Gasteiger partial charge on any atom is -0.315 e. The fourth-order valence-corrected chi connectivity index (χ4v) is 0.940. The Morgan fingerprint density at radius 1 is 1.77 bits per heavy atom. The number of hydrogen-bond acceptors (Lipinski definition) is 4. The van der Waals surface area contributed by atoms with Crippen LogP contribution in [0.4, 0.5) is 5.69 Å². The van der Waals surface area contributed by atoms with Crippen molar-refractivity contribution in [3.05, 3.63) is 22.5 Å². The van der Waals surface area contributed by atoms with Crippen molar-refractivity contribution in [1.82, 2.24) is 15.1 Å². The quantitative estimate of drug-likeness (QED) is 0.408. The molecule has 0 amide bonds. The van der Waals surface area contributed by atoms with E-state index >= 15 is 0 Å². The predicted octanol–water partition coefficient (Wildman–Crippen LogP) is 0.401. The summed E-state index contributed by atoms with van der Waals surface area (Å²) in [7, 11) is 0. The maximum Gasteiger partial charge on any atom is 0.306 e. The molecule has 1 rings (SSSR count). The van der Waals surface area contributed by atoms with Crippen LogP contribution in [-0.2, 0) is 6.54 Å². The molecule has 0 unspecified atom stereocenters. The van der Waals surface area contributed by atoms with Gasteiger partial charge < -0.3 is 5.32 Å². The summed E-state index contributed by atoms with van der Waals surface area (Å²) in [5.41, 5.74) is 0.0384. The van der Waals surface area contributed by atoms with Gasteiger partial charge in [-0.05, 0) is 6.54 Å². The van der Waals surface area contributed by atoms with E-state index in [0.717, 1.165) is 13.1 Å². The van der Waals surface area contributed by atoms with Gasteiger partial charge in [0.15, 0.2) is 0 Å². The average Bonchev–Trinajstić information content (AvgIpc) is 2.53. The van der Waals surface area contributed by atoms with Crippen LogP contribution in [0.1, 0.15) is 6.92 Å². The Balaban J connectivity index is 2.44. The fraction of sp³-hybridized carbons (Fsp3) is 0.571. The predicted molar refractivity (Wildman–Crippen MR) is 47.4 cm³/mol. The maximum absolute atomic E-state index is 10.3. The van der Waals surface area contributed by atoms with E-state index in [1.165, 1.54) is 12.4 Å². The third-order valence-corrected chi connectivity index (χ3v) is 1.60. The summed E-state index contributed by atoms with van der Waals surface area (Å²) in [5.74, 6) is 0. The van der Waals surface area contributed by atoms with Crippen molar-refractivity contribution < 1.29 is 4.92 Å². The lowest BCUT2D eigenvalue weighted by molar-refractivity contribution is -0.385. The first-order valence-corrected chi connectivity index (χ1v) is 4.11. The molecule has 13 heavy (non-hydrogen) atoms. The number of aromatic nitrogens is 2. The lowest BCUT2D eigenvalue weighted by Gasteiger charge is -1.99. The molecular weight excluding hydrogens is 172 g/mol. The van der Waals surface area contributed by atoms with E-state index < -0.39 is 4.92 Å². The Hall–Kier alpha value is -1.43. The molecule has 0 aliphatic carbocycles. The first-order valence-electron chi connectivity index (χ1n) is 4.11. The molecule has 6 nitrogen and oxygen atoms in total. The summed E-state index contributed by atoms with van der Waals surface area (Å²) in [6, 6.07) is 0. The molecule has 0 fully saturated rings. The Bertz CT molecular complexity index is 284. The number of nitrogens with zero attached hydrogens (tertiary/aromatic N) is 3. The van der Waals surface area contributed by atoms with E-state index in [9.17, 15) is 10.1 Å². The fourth-order valence-electron chi connectivity index (χ4n) is 0.940. The van der Waals surface area contributed by atoms with E-state index in [2.05, 4.69) is 10.4 Å². The lowest BCUT2D eigenvalue weighted by Crippen LogP contribution is -2.19. The van der Waals surface area contributed by atoms with E-state index in [-0.39, 0.29) is 5.69 Å². The molecule has 0 radical (unpaired) electrons. The van der Waals surface area contributed by atoms with Crippen LogP contribution >= 0.6 is 0 Å². The maximum atomic E-state index is 10.3. The molecule has 0 aliphatic heterocycles. The summed E-state index contributed by atoms with van der Waals surface area (Å²) in [5, 5.41) is 17.2. The molecule has 1 aromatic rings. The van der Waals surface area contributed by atoms with Gasteiger partial charge in [-0.1, -0.05) is 6.92 Å². The van der Waals surface area contributed by atoms with Gasteiger partial charge in [0.05, 0.1) is 11.5 Å². The third kappa shape index (κ3) is 2.83. The second kappa shape index (κ2) is 4.56. The molecule has 0 bridgehead atoms. The molecule has 1 heterocycles. The Morgan fingerprint density at radius 3 is 3.08 bits per heavy atom. The van der Waals surface area contributed by atoms with Gasteiger partial charge in [-0.15, -0.1) is 0 Å². The molecule has 0 saturated carbocycles. The van der Waals surface area contributed by atoms with Crippen molar-refractivity contribution in [1.29, 1.82) is 0 Å². The lowest BCUT2D eigenvalue weighted by atomic mass is 10.5. The molecule has 6 heteroatoms. The van der Waals surface area contributed by atoms with Gasteiger partial charge in [-0.2, -0.15) is 5.10 Å². The molecular formula is C7H12N4O2. The van der Waals surface area contributed by atoms with Crippen molar-refractivity contribution in [2.24, 2.45) is 0 Å². The van der Waals surface area contributed by atoms with Gasteiger partial charge >= 0.3 is 5.69 Å². The zero-order chi connectivity index (χ0) is 9.68. The summed E-state index contributed by atoms with van der Waals surface area (Å²) < 4.78 is 1.56. The zero-order valence-electron chi connectivity index (χ0n) is 7.43. The van der Waals surface area contributed by atoms with Gasteiger partial charge in [-0.3, -0.25) is 14.8 Å². The van der Waals surface area contributed by atoms with Gasteiger partial charge in [0.25, 0.3) is 0 Å². The van der Waals surface area contributed by atoms with Crippen LogP contribution in [0.5, 0.6) is 0 Å². The van der Waals surface area contributed by atoms with Gasteiger partial charge in [0.1, 0.15) is 12.4 Å². The van der Waals surface area contributed by atoms with Crippen molar-refractivity contribution in [2.45, 2.75) is 13.5 Å². The van der Waals surface area contributed by atoms with Crippen molar-refractivity contribution in [3.63, 3.8) is 0 Å². The Kier molecular flexibility index (Phi) is 3.39. The normalized spacial score (nSPS) is 10.2. The van der Waals surface area contributed by atoms with Crippen LogP contribution in [0.3, 0.4) is 0 Å². The highest BCUT2D eigenvalue weighted by atomic mass is 16.6. The smallest absolute Gasteiger partial charge is 0.306 e. The highest BCUT2D eigenvalue weighted by molar-refractivity contribution is 5.20. The minimum atomic E-state index is -0.448. The standard InChI is InChI=1S/C7H12N4O2/c1-2-8-3-4-10-6-7(5-9-10)11(12)13/h5-6,8H,2-4H2,1H3. The molecule has 0 saturated heterocycles. The highest BCUT2D eigenvalue weighted by Crippen LogP contribution is 2.06. The average molecular weight is 184 g/mol. The topological polar surface area (TPSA) is 73.0 Å². The second-order valence-electron chi connectivity index (χ2n) is 2.57. The first kappa shape index (κ1) is 9.66. The van der Waals surface area contributed by atoms with Crippen molar-refractivity contribution in [2.75, 3.05) is 13.1 Å². The summed E-state index contributed by atoms with van der Waals surface area (Å²) >= 11 is 0. The van der Waals surface area contributed by atoms with Gasteiger partial charge in [-0.25, -0.2) is 0 Å². The number of rotatable bonds is 5. The van der Waals surface area contributed by atoms with E-state index in [1.807, 2.05) is 6.92 Å². The third-order valence-electron chi connectivity index (χ3n) is 1.60. The molecule has 0 aromatic carbocycles. The number of hydrogen-bond donors (Lipinski definition) is 1. The van der Waals surface area contributed by atoms with E-state index in [4.69, 9.17) is 0 Å². The van der Waals surface area contributed by atoms with Gasteiger partial charge in [0, 0.05) is 6.54 Å². The van der Waals surface area contributed by atoms with Crippen LogP contribution < -0.4 is 5.32 Å². The van der Waals surface area contributed by atoms with Crippen LogP contribution in [0.15, 0.2) is 12.4 Å². The summed E-state index contributed by atoms with van der Waals surface area (Å²) in [6.07, 6.45) is 2.68. The van der Waals surface area contributed by atoms with Crippen molar-refractivity contribution in [3.8, 4) is 0 Å². The number of likely N-dealkylation sites (N-methyl/N-ethyl adjacent to an activating group) is 1. The van der Waals surface area contributed by atoms with Crippen LogP contribution in [-0.4, -0.2) is 27.8 Å².